The monoisotopic (exact) mass is 508 g/mol. The van der Waals surface area contributed by atoms with Crippen molar-refractivity contribution in [3.63, 3.8) is 0 Å². The highest BCUT2D eigenvalue weighted by Crippen LogP contribution is 2.27. The second kappa shape index (κ2) is 11.2. The fraction of sp³-hybridized carbons (Fsp3) is 0.345. The first-order valence-electron chi connectivity index (χ1n) is 12.1. The minimum absolute atomic E-state index is 0.127. The van der Waals surface area contributed by atoms with E-state index in [0.717, 1.165) is 34.4 Å². The van der Waals surface area contributed by atoms with E-state index in [2.05, 4.69) is 16.1 Å². The van der Waals surface area contributed by atoms with E-state index in [4.69, 9.17) is 4.74 Å². The largest absolute Gasteiger partial charge is 0.493 e. The molecule has 2 N–H and O–H groups in total. The first-order valence-corrected chi connectivity index (χ1v) is 13.6. The summed E-state index contributed by atoms with van der Waals surface area (Å²) in [7, 11) is -3.74. The van der Waals surface area contributed by atoms with E-state index < -0.39 is 15.4 Å². The number of sulfonamides is 1. The molecule has 3 aromatic carbocycles. The number of hydrogen-bond donors (Lipinski definition) is 2. The fourth-order valence-corrected chi connectivity index (χ4v) is 4.98. The van der Waals surface area contributed by atoms with Gasteiger partial charge in [0.15, 0.2) is 0 Å². The number of ether oxygens (including phenoxy) is 1. The highest BCUT2D eigenvalue weighted by Gasteiger charge is 2.27. The lowest BCUT2D eigenvalue weighted by Gasteiger charge is -2.24. The van der Waals surface area contributed by atoms with Crippen molar-refractivity contribution < 1.29 is 17.9 Å². The third kappa shape index (κ3) is 7.34. The third-order valence-corrected chi connectivity index (χ3v) is 7.46. The van der Waals surface area contributed by atoms with Crippen LogP contribution < -0.4 is 14.8 Å². The molecule has 0 aliphatic carbocycles. The zero-order chi connectivity index (χ0) is 26.5. The normalized spacial score (nSPS) is 11.7. The van der Waals surface area contributed by atoms with Crippen molar-refractivity contribution in [1.29, 1.82) is 0 Å². The summed E-state index contributed by atoms with van der Waals surface area (Å²) in [5.41, 5.74) is 4.65. The van der Waals surface area contributed by atoms with Gasteiger partial charge in [0.25, 0.3) is 10.0 Å². The summed E-state index contributed by atoms with van der Waals surface area (Å²) in [4.78, 5) is 13.0. The van der Waals surface area contributed by atoms with Crippen molar-refractivity contribution in [1.82, 2.24) is 0 Å². The average molecular weight is 509 g/mol. The Morgan fingerprint density at radius 2 is 1.47 bits per heavy atom. The Kier molecular flexibility index (Phi) is 8.46. The lowest BCUT2D eigenvalue weighted by molar-refractivity contribution is -0.124. The van der Waals surface area contributed by atoms with E-state index in [-0.39, 0.29) is 10.8 Å². The predicted octanol–water partition coefficient (Wildman–Crippen LogP) is 6.54. The van der Waals surface area contributed by atoms with Gasteiger partial charge in [0.05, 0.1) is 11.5 Å². The predicted molar refractivity (Wildman–Crippen MR) is 146 cm³/mol. The van der Waals surface area contributed by atoms with E-state index in [1.165, 1.54) is 12.1 Å². The lowest BCUT2D eigenvalue weighted by atomic mass is 9.87. The Bertz CT molecular complexity index is 1310. The van der Waals surface area contributed by atoms with Gasteiger partial charge in [-0.05, 0) is 105 Å². The summed E-state index contributed by atoms with van der Waals surface area (Å²) >= 11 is 0. The zero-order valence-corrected chi connectivity index (χ0v) is 22.8. The minimum Gasteiger partial charge on any atom is -0.493 e. The van der Waals surface area contributed by atoms with Gasteiger partial charge in [-0.2, -0.15) is 0 Å². The van der Waals surface area contributed by atoms with Crippen LogP contribution >= 0.6 is 0 Å². The number of anilines is 2. The molecule has 0 aliphatic heterocycles. The van der Waals surface area contributed by atoms with Crippen LogP contribution in [0.4, 0.5) is 11.4 Å². The number of rotatable bonds is 10. The quantitative estimate of drug-likeness (QED) is 0.304. The van der Waals surface area contributed by atoms with Crippen LogP contribution in [0.5, 0.6) is 5.75 Å². The number of aryl methyl sites for hydroxylation is 4. The highest BCUT2D eigenvalue weighted by atomic mass is 32.2. The highest BCUT2D eigenvalue weighted by molar-refractivity contribution is 7.92. The van der Waals surface area contributed by atoms with Crippen LogP contribution in [0.25, 0.3) is 0 Å². The summed E-state index contributed by atoms with van der Waals surface area (Å²) in [6.07, 6.45) is 1.38. The van der Waals surface area contributed by atoms with Gasteiger partial charge in [-0.1, -0.05) is 32.0 Å². The summed E-state index contributed by atoms with van der Waals surface area (Å²) in [6.45, 7) is 12.2. The summed E-state index contributed by atoms with van der Waals surface area (Å²) < 4.78 is 34.1. The fourth-order valence-electron chi connectivity index (χ4n) is 3.94. The summed E-state index contributed by atoms with van der Waals surface area (Å²) in [6, 6.07) is 17.9. The molecule has 192 valence electrons. The molecule has 3 aromatic rings. The maximum absolute atomic E-state index is 12.9. The van der Waals surface area contributed by atoms with Gasteiger partial charge in [-0.3, -0.25) is 9.52 Å². The lowest BCUT2D eigenvalue weighted by Crippen LogP contribution is -2.31. The van der Waals surface area contributed by atoms with Crippen molar-refractivity contribution >= 4 is 27.3 Å². The Balaban J connectivity index is 1.55. The Morgan fingerprint density at radius 1 is 0.833 bits per heavy atom. The second-order valence-corrected chi connectivity index (χ2v) is 11.7. The standard InChI is InChI=1S/C29H36N2O4S/c1-20-8-9-23(4)27(19-20)35-15-7-14-29(5,6)28(32)30-24-10-12-26(13-11-24)36(33,34)31-25-17-21(2)16-22(3)18-25/h8-13,16-19,31H,7,14-15H2,1-6H3,(H,30,32). The smallest absolute Gasteiger partial charge is 0.261 e. The molecule has 0 unspecified atom stereocenters. The molecule has 36 heavy (non-hydrogen) atoms. The Morgan fingerprint density at radius 3 is 2.11 bits per heavy atom. The van der Waals surface area contributed by atoms with Crippen LogP contribution in [0.15, 0.2) is 65.6 Å². The van der Waals surface area contributed by atoms with Crippen molar-refractivity contribution in [2.45, 2.75) is 59.3 Å². The minimum atomic E-state index is -3.74. The molecule has 7 heteroatoms. The van der Waals surface area contributed by atoms with Gasteiger partial charge in [0.2, 0.25) is 5.91 Å². The maximum atomic E-state index is 12.9. The van der Waals surface area contributed by atoms with E-state index in [1.807, 2.05) is 59.7 Å². The number of nitrogens with one attached hydrogen (secondary N) is 2. The number of hydrogen-bond acceptors (Lipinski definition) is 4. The maximum Gasteiger partial charge on any atom is 0.261 e. The number of benzene rings is 3. The number of carbonyl (C=O) groups excluding carboxylic acids is 1. The zero-order valence-electron chi connectivity index (χ0n) is 21.9. The molecule has 0 saturated heterocycles. The van der Waals surface area contributed by atoms with Crippen LogP contribution in [0.3, 0.4) is 0 Å². The molecule has 1 amide bonds. The molecule has 0 spiro atoms. The SMILES string of the molecule is Cc1cc(C)cc(NS(=O)(=O)c2ccc(NC(=O)C(C)(C)CCCOc3cc(C)ccc3C)cc2)c1. The first kappa shape index (κ1) is 27.3. The van der Waals surface area contributed by atoms with Gasteiger partial charge < -0.3 is 10.1 Å². The first-order chi connectivity index (χ1) is 16.9. The average Bonchev–Trinajstić information content (AvgIpc) is 2.78. The summed E-state index contributed by atoms with van der Waals surface area (Å²) in [5, 5.41) is 2.91. The molecule has 0 bridgehead atoms. The van der Waals surface area contributed by atoms with Gasteiger partial charge >= 0.3 is 0 Å². The molecule has 6 nitrogen and oxygen atoms in total. The molecule has 0 fully saturated rings. The Hall–Kier alpha value is -3.32. The van der Waals surface area contributed by atoms with E-state index >= 15 is 0 Å². The van der Waals surface area contributed by atoms with Crippen LogP contribution in [-0.4, -0.2) is 20.9 Å². The van der Waals surface area contributed by atoms with Crippen molar-refractivity contribution in [2.75, 3.05) is 16.6 Å². The number of amides is 1. The molecular formula is C29H36N2O4S. The van der Waals surface area contributed by atoms with Gasteiger partial charge in [-0.25, -0.2) is 8.42 Å². The second-order valence-electron chi connectivity index (χ2n) is 10.1. The molecule has 3 rings (SSSR count). The number of carbonyl (C=O) groups is 1. The molecule has 0 aliphatic rings. The van der Waals surface area contributed by atoms with Crippen LogP contribution in [-0.2, 0) is 14.8 Å². The van der Waals surface area contributed by atoms with Gasteiger partial charge in [-0.15, -0.1) is 0 Å². The van der Waals surface area contributed by atoms with Gasteiger partial charge in [0, 0.05) is 16.8 Å². The Labute approximate surface area is 215 Å². The van der Waals surface area contributed by atoms with Crippen molar-refractivity contribution in [2.24, 2.45) is 5.41 Å². The molecule has 0 aromatic heterocycles. The molecular weight excluding hydrogens is 472 g/mol. The van der Waals surface area contributed by atoms with Crippen molar-refractivity contribution in [3.05, 3.63) is 82.9 Å². The molecule has 0 saturated carbocycles. The van der Waals surface area contributed by atoms with Crippen LogP contribution in [0.1, 0.15) is 48.9 Å². The van der Waals surface area contributed by atoms with E-state index in [9.17, 15) is 13.2 Å². The van der Waals surface area contributed by atoms with Crippen molar-refractivity contribution in [3.8, 4) is 5.75 Å². The van der Waals surface area contributed by atoms with E-state index in [1.54, 1.807) is 24.3 Å². The van der Waals surface area contributed by atoms with Gasteiger partial charge in [0.1, 0.15) is 5.75 Å². The topological polar surface area (TPSA) is 84.5 Å². The van der Waals surface area contributed by atoms with Crippen LogP contribution in [0, 0.1) is 33.1 Å². The molecule has 0 heterocycles. The molecule has 0 atom stereocenters. The van der Waals surface area contributed by atoms with E-state index in [0.29, 0.717) is 24.4 Å². The van der Waals surface area contributed by atoms with Crippen LogP contribution in [0.2, 0.25) is 0 Å². The summed E-state index contributed by atoms with van der Waals surface area (Å²) in [5.74, 6) is 0.748. The third-order valence-electron chi connectivity index (χ3n) is 6.06. The molecule has 0 radical (unpaired) electrons.